The van der Waals surface area contributed by atoms with Crippen molar-refractivity contribution in [3.8, 4) is 0 Å². The number of esters is 1. The molecule has 4 heteroatoms. The molecule has 0 radical (unpaired) electrons. The molecule has 0 saturated heterocycles. The van der Waals surface area contributed by atoms with Gasteiger partial charge >= 0.3 is 5.97 Å². The summed E-state index contributed by atoms with van der Waals surface area (Å²) in [6.45, 7) is 13.8. The van der Waals surface area contributed by atoms with Gasteiger partial charge in [0.1, 0.15) is 5.60 Å². The van der Waals surface area contributed by atoms with E-state index < -0.39 is 5.60 Å². The van der Waals surface area contributed by atoms with Crippen LogP contribution in [0.5, 0.6) is 0 Å². The fourth-order valence-corrected chi connectivity index (χ4v) is 1.32. The van der Waals surface area contributed by atoms with Gasteiger partial charge in [-0.3, -0.25) is 4.79 Å². The first-order valence-electron chi connectivity index (χ1n) is 6.77. The Labute approximate surface area is 111 Å². The summed E-state index contributed by atoms with van der Waals surface area (Å²) in [4.78, 5) is 11.7. The largest absolute Gasteiger partial charge is 0.460 e. The third kappa shape index (κ3) is 10.5. The molecule has 4 nitrogen and oxygen atoms in total. The van der Waals surface area contributed by atoms with E-state index in [1.54, 1.807) is 0 Å². The monoisotopic (exact) mass is 259 g/mol. The predicted octanol–water partition coefficient (Wildman–Crippen LogP) is 2.37. The van der Waals surface area contributed by atoms with Crippen LogP contribution in [0.15, 0.2) is 0 Å². The van der Waals surface area contributed by atoms with Crippen molar-refractivity contribution in [1.82, 2.24) is 5.32 Å². The van der Waals surface area contributed by atoms with Crippen LogP contribution < -0.4 is 5.32 Å². The maximum Gasteiger partial charge on any atom is 0.310 e. The van der Waals surface area contributed by atoms with Gasteiger partial charge in [0.2, 0.25) is 0 Å². The minimum atomic E-state index is -0.406. The standard InChI is InChI=1S/C14H29NO3/c1-11(2)17-9-7-8-15-10-12(3)13(16)18-14(4,5)6/h11-12,15H,7-10H2,1-6H3/t12-/m1/s1. The first-order valence-corrected chi connectivity index (χ1v) is 6.77. The second-order valence-electron chi connectivity index (χ2n) is 5.91. The summed E-state index contributed by atoms with van der Waals surface area (Å²) in [6, 6.07) is 0. The second kappa shape index (κ2) is 8.48. The lowest BCUT2D eigenvalue weighted by Gasteiger charge is -2.22. The number of ether oxygens (including phenoxy) is 2. The predicted molar refractivity (Wildman–Crippen MR) is 73.6 cm³/mol. The van der Waals surface area contributed by atoms with Crippen molar-refractivity contribution in [2.24, 2.45) is 5.92 Å². The lowest BCUT2D eigenvalue weighted by molar-refractivity contribution is -0.159. The van der Waals surface area contributed by atoms with Crippen LogP contribution in [-0.4, -0.2) is 37.4 Å². The molecule has 0 fully saturated rings. The van der Waals surface area contributed by atoms with Crippen LogP contribution in [0.25, 0.3) is 0 Å². The molecular formula is C14H29NO3. The molecule has 0 amide bonds. The average molecular weight is 259 g/mol. The highest BCUT2D eigenvalue weighted by Crippen LogP contribution is 2.10. The van der Waals surface area contributed by atoms with Crippen LogP contribution in [0.1, 0.15) is 48.0 Å². The lowest BCUT2D eigenvalue weighted by atomic mass is 10.1. The van der Waals surface area contributed by atoms with E-state index in [0.29, 0.717) is 6.54 Å². The minimum absolute atomic E-state index is 0.116. The van der Waals surface area contributed by atoms with Gasteiger partial charge in [-0.15, -0.1) is 0 Å². The highest BCUT2D eigenvalue weighted by Gasteiger charge is 2.21. The van der Waals surface area contributed by atoms with Crippen molar-refractivity contribution in [2.45, 2.75) is 59.7 Å². The van der Waals surface area contributed by atoms with Gasteiger partial charge in [0.05, 0.1) is 12.0 Å². The van der Waals surface area contributed by atoms with Crippen LogP contribution in [0.2, 0.25) is 0 Å². The minimum Gasteiger partial charge on any atom is -0.460 e. The maximum atomic E-state index is 11.7. The van der Waals surface area contributed by atoms with E-state index in [1.165, 1.54) is 0 Å². The summed E-state index contributed by atoms with van der Waals surface area (Å²) in [5, 5.41) is 3.24. The van der Waals surface area contributed by atoms with E-state index >= 15 is 0 Å². The van der Waals surface area contributed by atoms with Crippen molar-refractivity contribution >= 4 is 5.97 Å². The van der Waals surface area contributed by atoms with E-state index in [1.807, 2.05) is 41.5 Å². The van der Waals surface area contributed by atoms with Crippen LogP contribution in [-0.2, 0) is 14.3 Å². The summed E-state index contributed by atoms with van der Waals surface area (Å²) in [7, 11) is 0. The summed E-state index contributed by atoms with van der Waals surface area (Å²) in [6.07, 6.45) is 1.24. The Bertz CT molecular complexity index is 234. The summed E-state index contributed by atoms with van der Waals surface area (Å²) in [5.41, 5.74) is -0.406. The molecule has 0 aliphatic heterocycles. The fourth-order valence-electron chi connectivity index (χ4n) is 1.32. The number of hydrogen-bond donors (Lipinski definition) is 1. The number of carbonyl (C=O) groups excluding carboxylic acids is 1. The molecule has 0 unspecified atom stereocenters. The molecule has 1 atom stereocenters. The summed E-state index contributed by atoms with van der Waals surface area (Å²) in [5.74, 6) is -0.260. The molecule has 0 aromatic carbocycles. The van der Waals surface area contributed by atoms with E-state index in [-0.39, 0.29) is 18.0 Å². The molecule has 0 aliphatic carbocycles. The van der Waals surface area contributed by atoms with Crippen molar-refractivity contribution in [1.29, 1.82) is 0 Å². The molecule has 0 bridgehead atoms. The second-order valence-corrected chi connectivity index (χ2v) is 5.91. The summed E-state index contributed by atoms with van der Waals surface area (Å²) >= 11 is 0. The first kappa shape index (κ1) is 17.4. The van der Waals surface area contributed by atoms with Gasteiger partial charge in [-0.05, 0) is 47.6 Å². The Hall–Kier alpha value is -0.610. The summed E-state index contributed by atoms with van der Waals surface area (Å²) < 4.78 is 10.7. The SMILES string of the molecule is CC(C)OCCCNC[C@@H](C)C(=O)OC(C)(C)C. The maximum absolute atomic E-state index is 11.7. The Morgan fingerprint density at radius 3 is 2.33 bits per heavy atom. The Balaban J connectivity index is 3.58. The quantitative estimate of drug-likeness (QED) is 0.537. The zero-order valence-electron chi connectivity index (χ0n) is 12.7. The van der Waals surface area contributed by atoms with Gasteiger partial charge < -0.3 is 14.8 Å². The normalized spacial score (nSPS) is 13.7. The van der Waals surface area contributed by atoms with Gasteiger partial charge in [-0.2, -0.15) is 0 Å². The molecule has 18 heavy (non-hydrogen) atoms. The Morgan fingerprint density at radius 2 is 1.83 bits per heavy atom. The van der Waals surface area contributed by atoms with Crippen LogP contribution in [0, 0.1) is 5.92 Å². The highest BCUT2D eigenvalue weighted by atomic mass is 16.6. The molecule has 0 rings (SSSR count). The zero-order chi connectivity index (χ0) is 14.2. The van der Waals surface area contributed by atoms with E-state index in [9.17, 15) is 4.79 Å². The zero-order valence-corrected chi connectivity index (χ0v) is 12.7. The van der Waals surface area contributed by atoms with Gasteiger partial charge in [0.25, 0.3) is 0 Å². The highest BCUT2D eigenvalue weighted by molar-refractivity contribution is 5.72. The van der Waals surface area contributed by atoms with Gasteiger partial charge in [0.15, 0.2) is 0 Å². The van der Waals surface area contributed by atoms with E-state index in [0.717, 1.165) is 19.6 Å². The average Bonchev–Trinajstić information content (AvgIpc) is 2.19. The van der Waals surface area contributed by atoms with Crippen molar-refractivity contribution in [3.05, 3.63) is 0 Å². The van der Waals surface area contributed by atoms with Crippen molar-refractivity contribution in [2.75, 3.05) is 19.7 Å². The molecule has 0 saturated carbocycles. The molecule has 0 aliphatic rings. The van der Waals surface area contributed by atoms with Crippen molar-refractivity contribution in [3.63, 3.8) is 0 Å². The number of nitrogens with one attached hydrogen (secondary N) is 1. The first-order chi connectivity index (χ1) is 8.22. The number of rotatable bonds is 8. The van der Waals surface area contributed by atoms with Crippen LogP contribution in [0.3, 0.4) is 0 Å². The molecule has 0 aromatic rings. The van der Waals surface area contributed by atoms with E-state index in [2.05, 4.69) is 5.32 Å². The number of carbonyl (C=O) groups is 1. The lowest BCUT2D eigenvalue weighted by Crippen LogP contribution is -2.33. The van der Waals surface area contributed by atoms with Gasteiger partial charge in [-0.25, -0.2) is 0 Å². The Morgan fingerprint density at radius 1 is 1.22 bits per heavy atom. The van der Waals surface area contributed by atoms with Gasteiger partial charge in [-0.1, -0.05) is 6.92 Å². The molecule has 0 spiro atoms. The van der Waals surface area contributed by atoms with Crippen molar-refractivity contribution < 1.29 is 14.3 Å². The third-order valence-electron chi connectivity index (χ3n) is 2.21. The molecule has 1 N–H and O–H groups in total. The van der Waals surface area contributed by atoms with Gasteiger partial charge in [0, 0.05) is 13.2 Å². The smallest absolute Gasteiger partial charge is 0.310 e. The molecule has 108 valence electrons. The molecule has 0 heterocycles. The Kier molecular flexibility index (Phi) is 8.20. The third-order valence-corrected chi connectivity index (χ3v) is 2.21. The fraction of sp³-hybridized carbons (Fsp3) is 0.929. The number of hydrogen-bond acceptors (Lipinski definition) is 4. The van der Waals surface area contributed by atoms with E-state index in [4.69, 9.17) is 9.47 Å². The topological polar surface area (TPSA) is 47.6 Å². The van der Waals surface area contributed by atoms with Crippen LogP contribution in [0.4, 0.5) is 0 Å². The molecule has 0 aromatic heterocycles. The van der Waals surface area contributed by atoms with Crippen LogP contribution >= 0.6 is 0 Å². The molecular weight excluding hydrogens is 230 g/mol.